The molecule has 3 aromatic rings. The Morgan fingerprint density at radius 2 is 1.30 bits per heavy atom. The van der Waals surface area contributed by atoms with E-state index in [1.807, 2.05) is 0 Å². The average Bonchev–Trinajstić information content (AvgIpc) is 3.23. The van der Waals surface area contributed by atoms with Crippen molar-refractivity contribution in [3.8, 4) is 29.1 Å². The first kappa shape index (κ1) is 24.4. The van der Waals surface area contributed by atoms with E-state index in [0.717, 1.165) is 35.1 Å². The Balaban J connectivity index is 1.80. The number of benzene rings is 2. The van der Waals surface area contributed by atoms with Gasteiger partial charge in [0.05, 0.1) is 28.4 Å². The lowest BCUT2D eigenvalue weighted by molar-refractivity contribution is 0.108. The van der Waals surface area contributed by atoms with Crippen LogP contribution in [0.25, 0.3) is 0 Å². The van der Waals surface area contributed by atoms with Gasteiger partial charge in [-0.3, -0.25) is 9.59 Å². The summed E-state index contributed by atoms with van der Waals surface area (Å²) >= 11 is 2.68. The van der Waals surface area contributed by atoms with Gasteiger partial charge >= 0.3 is 0 Å². The van der Waals surface area contributed by atoms with Gasteiger partial charge in [-0.25, -0.2) is 0 Å². The summed E-state index contributed by atoms with van der Waals surface area (Å²) in [6.07, 6.45) is 0. The Labute approximate surface area is 203 Å². The van der Waals surface area contributed by atoms with Crippen LogP contribution < -0.4 is 18.9 Å². The maximum atomic E-state index is 12.8. The molecule has 0 unspecified atom stereocenters. The van der Waals surface area contributed by atoms with E-state index in [9.17, 15) is 14.9 Å². The van der Waals surface area contributed by atoms with Gasteiger partial charge in [0.15, 0.2) is 23.0 Å². The van der Waals surface area contributed by atoms with Crippen molar-refractivity contribution in [3.63, 3.8) is 0 Å². The molecule has 0 aliphatic heterocycles. The fraction of sp³-hybridized carbons (Fsp3) is 0.182. The molecule has 170 valence electrons. The third-order valence-corrected chi connectivity index (χ3v) is 7.31. The highest BCUT2D eigenvalue weighted by molar-refractivity contribution is 8.16. The summed E-state index contributed by atoms with van der Waals surface area (Å²) in [6, 6.07) is 11.7. The number of nitrogens with zero attached hydrogens (tertiary/aromatic N) is 2. The van der Waals surface area contributed by atoms with Crippen molar-refractivity contribution in [2.24, 2.45) is 0 Å². The molecule has 0 saturated carbocycles. The second-order valence-corrected chi connectivity index (χ2v) is 9.16. The third-order valence-electron chi connectivity index (χ3n) is 4.35. The molecule has 0 N–H and O–H groups in total. The maximum Gasteiger partial charge on any atom is 0.225 e. The van der Waals surface area contributed by atoms with E-state index >= 15 is 0 Å². The molecular formula is C22H18N2O6S3. The Morgan fingerprint density at radius 1 is 0.818 bits per heavy atom. The van der Waals surface area contributed by atoms with Gasteiger partial charge in [-0.2, -0.15) is 9.64 Å². The Bertz CT molecular complexity index is 1150. The minimum Gasteiger partial charge on any atom is -0.493 e. The van der Waals surface area contributed by atoms with Crippen molar-refractivity contribution >= 4 is 45.3 Å². The van der Waals surface area contributed by atoms with Crippen LogP contribution >= 0.6 is 35.1 Å². The van der Waals surface area contributed by atoms with Crippen LogP contribution in [0.5, 0.6) is 23.0 Å². The Hall–Kier alpha value is -3.20. The minimum absolute atomic E-state index is 0.178. The number of rotatable bonds is 8. The zero-order valence-corrected chi connectivity index (χ0v) is 20.5. The summed E-state index contributed by atoms with van der Waals surface area (Å²) in [5.74, 6) is 1.84. The molecule has 1 aromatic heterocycles. The van der Waals surface area contributed by atoms with Gasteiger partial charge in [-0.1, -0.05) is 0 Å². The van der Waals surface area contributed by atoms with E-state index in [0.29, 0.717) is 38.3 Å². The summed E-state index contributed by atoms with van der Waals surface area (Å²) in [5, 5.41) is 9.28. The van der Waals surface area contributed by atoms with E-state index in [4.69, 9.17) is 18.9 Å². The van der Waals surface area contributed by atoms with Crippen LogP contribution in [0.15, 0.2) is 45.6 Å². The third kappa shape index (κ3) is 5.42. The van der Waals surface area contributed by atoms with Crippen LogP contribution in [-0.4, -0.2) is 43.0 Å². The van der Waals surface area contributed by atoms with Crippen molar-refractivity contribution in [1.82, 2.24) is 4.37 Å². The Kier molecular flexibility index (Phi) is 8.21. The van der Waals surface area contributed by atoms with Crippen molar-refractivity contribution in [2.75, 3.05) is 28.4 Å². The Morgan fingerprint density at radius 3 is 1.76 bits per heavy atom. The van der Waals surface area contributed by atoms with Gasteiger partial charge in [0, 0.05) is 11.1 Å². The van der Waals surface area contributed by atoms with Crippen LogP contribution in [-0.2, 0) is 0 Å². The summed E-state index contributed by atoms with van der Waals surface area (Å²) in [7, 11) is 5.97. The number of methoxy groups -OCH3 is 4. The summed E-state index contributed by atoms with van der Waals surface area (Å²) in [4.78, 5) is 25.5. The minimum atomic E-state index is -0.319. The molecule has 3 rings (SSSR count). The van der Waals surface area contributed by atoms with Crippen LogP contribution in [0.4, 0.5) is 0 Å². The van der Waals surface area contributed by atoms with Gasteiger partial charge in [0.25, 0.3) is 0 Å². The number of hydrogen-bond donors (Lipinski definition) is 0. The lowest BCUT2D eigenvalue weighted by atomic mass is 10.2. The van der Waals surface area contributed by atoms with Crippen LogP contribution in [0.2, 0.25) is 0 Å². The van der Waals surface area contributed by atoms with Crippen molar-refractivity contribution in [3.05, 3.63) is 53.1 Å². The highest BCUT2D eigenvalue weighted by Gasteiger charge is 2.22. The predicted molar refractivity (Wildman–Crippen MR) is 126 cm³/mol. The maximum absolute atomic E-state index is 12.8. The van der Waals surface area contributed by atoms with Crippen molar-refractivity contribution < 1.29 is 28.5 Å². The number of ether oxygens (including phenoxy) is 4. The average molecular weight is 503 g/mol. The van der Waals surface area contributed by atoms with Crippen LogP contribution in [0.3, 0.4) is 0 Å². The zero-order valence-electron chi connectivity index (χ0n) is 18.0. The molecule has 0 fully saturated rings. The monoisotopic (exact) mass is 502 g/mol. The van der Waals surface area contributed by atoms with E-state index in [-0.39, 0.29) is 20.8 Å². The van der Waals surface area contributed by atoms with Gasteiger partial charge < -0.3 is 18.9 Å². The summed E-state index contributed by atoms with van der Waals surface area (Å²) in [6.45, 7) is 0. The van der Waals surface area contributed by atoms with Gasteiger partial charge in [0.1, 0.15) is 20.9 Å². The second kappa shape index (κ2) is 11.1. The molecule has 0 aliphatic carbocycles. The first-order valence-electron chi connectivity index (χ1n) is 9.23. The van der Waals surface area contributed by atoms with Crippen LogP contribution in [0.1, 0.15) is 26.3 Å². The molecule has 1 heterocycles. The number of carbonyl (C=O) groups is 2. The molecule has 0 spiro atoms. The number of nitriles is 1. The zero-order chi connectivity index (χ0) is 24.0. The number of aromatic nitrogens is 1. The largest absolute Gasteiger partial charge is 0.493 e. The summed E-state index contributed by atoms with van der Waals surface area (Å²) in [5.41, 5.74) is 0.924. The molecule has 11 heteroatoms. The lowest BCUT2D eigenvalue weighted by Gasteiger charge is -2.08. The molecule has 0 saturated heterocycles. The van der Waals surface area contributed by atoms with Gasteiger partial charge in [0.2, 0.25) is 10.2 Å². The lowest BCUT2D eigenvalue weighted by Crippen LogP contribution is -1.98. The molecule has 0 aliphatic rings. The second-order valence-electron chi connectivity index (χ2n) is 6.18. The smallest absolute Gasteiger partial charge is 0.225 e. The molecule has 8 nitrogen and oxygen atoms in total. The molecule has 33 heavy (non-hydrogen) atoms. The number of hydrogen-bond acceptors (Lipinski definition) is 11. The quantitative estimate of drug-likeness (QED) is 0.394. The number of carbonyl (C=O) groups excluding carboxylic acids is 2. The molecule has 0 bridgehead atoms. The van der Waals surface area contributed by atoms with E-state index < -0.39 is 0 Å². The van der Waals surface area contributed by atoms with Crippen LogP contribution in [0, 0.1) is 11.3 Å². The van der Waals surface area contributed by atoms with Crippen molar-refractivity contribution in [2.45, 2.75) is 9.24 Å². The topological polar surface area (TPSA) is 108 Å². The molecule has 0 atom stereocenters. The van der Waals surface area contributed by atoms with E-state index in [1.54, 1.807) is 36.4 Å². The van der Waals surface area contributed by atoms with Crippen molar-refractivity contribution in [1.29, 1.82) is 5.26 Å². The normalized spacial score (nSPS) is 10.3. The van der Waals surface area contributed by atoms with E-state index in [2.05, 4.69) is 10.4 Å². The van der Waals surface area contributed by atoms with Gasteiger partial charge in [-0.05, 0) is 71.5 Å². The highest BCUT2D eigenvalue weighted by Crippen LogP contribution is 2.38. The summed E-state index contributed by atoms with van der Waals surface area (Å²) < 4.78 is 25.5. The molecule has 0 amide bonds. The highest BCUT2D eigenvalue weighted by atomic mass is 32.2. The molecule has 0 radical (unpaired) electrons. The fourth-order valence-corrected chi connectivity index (χ4v) is 5.41. The predicted octanol–water partition coefficient (Wildman–Crippen LogP) is 4.91. The van der Waals surface area contributed by atoms with Gasteiger partial charge in [-0.15, -0.1) is 0 Å². The first-order valence-corrected chi connectivity index (χ1v) is 11.6. The van der Waals surface area contributed by atoms with E-state index in [1.165, 1.54) is 28.4 Å². The first-order chi connectivity index (χ1) is 15.9. The standard InChI is InChI=1S/C22H18N2O6S3/c1-27-15-7-5-12(9-17(15)29-3)20(25)31-19-14(11-23)22(33-24-19)32-21(26)13-6-8-16(28-2)18(10-13)30-4/h5-10H,1-4H3. The SMILES string of the molecule is COc1ccc(C(=O)Sc2nsc(SC(=O)c3ccc(OC)c(OC)c3)c2C#N)cc1OC. The number of thioether (sulfide) groups is 2. The molecule has 2 aromatic carbocycles. The fourth-order valence-electron chi connectivity index (χ4n) is 2.71. The molecular weight excluding hydrogens is 484 g/mol.